The van der Waals surface area contributed by atoms with E-state index in [0.29, 0.717) is 47.7 Å². The number of fused-ring (bicyclic) bond motifs is 2. The topological polar surface area (TPSA) is 620 Å². The number of ether oxygens (including phenoxy) is 4. The monoisotopic (exact) mass is 1890 g/mol. The predicted molar refractivity (Wildman–Crippen MR) is 485 cm³/mol. The SMILES string of the molecule is CCCC[C@H](NC(=O)[C@H](Cc1ccc(OS(=O)(=O)O)cc1)NC(=O)[C@H](CC(=O)O)NC(=O)COCCOCCNC(=O)COCCOCCNC(=O)CC[C@H](NC(=O)CCCCCCCCCCCCCCCCC(=O)O)C(=O)O)C(=O)NCC(=O)N[C@@H](Cc1c[nH]c2ccccc12)C(=O)N[C@@H](CCCC)C(=O)N(C)[C@H](CC(=O)O)C(=O)N[C@@H](Cc1cccc2ccccc12)C(N)=O. The number of hydrogen-bond donors (Lipinski definition) is 17. The van der Waals surface area contributed by atoms with Crippen molar-refractivity contribution in [2.75, 3.05) is 79.5 Å². The fourth-order valence-electron chi connectivity index (χ4n) is 14.4. The number of aromatic amines is 1. The second kappa shape index (κ2) is 62.2. The van der Waals surface area contributed by atoms with Crippen LogP contribution in [0.15, 0.2) is 97.2 Å². The molecular weight excluding hydrogens is 1760 g/mol. The number of carboxylic acids is 4. The van der Waals surface area contributed by atoms with E-state index in [1.807, 2.05) is 24.3 Å². The predicted octanol–water partition coefficient (Wildman–Crippen LogP) is 4.17. The van der Waals surface area contributed by atoms with Crippen LogP contribution in [-0.2, 0) is 125 Å². The van der Waals surface area contributed by atoms with Gasteiger partial charge in [-0.3, -0.25) is 76.5 Å². The Morgan fingerprint density at radius 3 is 1.48 bits per heavy atom. The number of para-hydroxylation sites is 1. The largest absolute Gasteiger partial charge is 0.481 e. The fourth-order valence-corrected chi connectivity index (χ4v) is 14.7. The van der Waals surface area contributed by atoms with Crippen molar-refractivity contribution in [3.8, 4) is 5.75 Å². The maximum Gasteiger partial charge on any atom is 0.446 e. The van der Waals surface area contributed by atoms with Crippen LogP contribution in [0, 0.1) is 0 Å². The lowest BCUT2D eigenvalue weighted by molar-refractivity contribution is -0.147. The number of nitrogens with one attached hydrogen (secondary N) is 11. The average molecular weight is 1890 g/mol. The standard InChI is InChI=1S/C91H131N13O28S/c1-4-6-32-68(85(117)96-57-78(107)98-73(53-63-56-95-67-34-25-24-31-66(63)67)87(119)101-69(33-7-5-2)90(122)104(3)75(55-83(114)115)89(121)102-71(84(92)116)52-62-29-26-28-61-27-22-23-30-65(61)62)100-86(118)72(51-60-37-39-64(40-38-60)132-133(125,126)127)103-88(120)74(54-82(112)113)99-80(109)59-131-50-48-129-46-44-94-79(108)58-130-49-47-128-45-43-93-76(105)42-41-70(91(123)124)97-77(106)35-20-18-16-14-12-10-8-9-11-13-15-17-19-21-36-81(110)111/h22-31,34,37-40,56,68-75,95H,4-21,32-33,35-36,41-55,57-59H2,1-3H3,(H2,92,116)(H,93,105)(H,94,108)(H,96,117)(H,97,106)(H,98,107)(H,99,109)(H,100,118)(H,101,119)(H,102,121)(H,103,120)(H,110,111)(H,112,113)(H,114,115)(H,123,124)(H,125,126,127)/t68-,69-,70-,71-,72-,73-,74-,75+/m0/s1. The number of nitrogens with zero attached hydrogens (tertiary/aromatic N) is 1. The quantitative estimate of drug-likeness (QED) is 0.0192. The summed E-state index contributed by atoms with van der Waals surface area (Å²) >= 11 is 0. The zero-order chi connectivity index (χ0) is 97.5. The molecule has 5 aromatic rings. The molecule has 18 N–H and O–H groups in total. The number of aliphatic carboxylic acids is 4. The molecule has 133 heavy (non-hydrogen) atoms. The zero-order valence-corrected chi connectivity index (χ0v) is 76.5. The molecule has 0 aliphatic heterocycles. The molecule has 0 unspecified atom stereocenters. The Kier molecular flexibility index (Phi) is 52.0. The number of nitrogens with two attached hydrogens (primary N) is 1. The van der Waals surface area contributed by atoms with Gasteiger partial charge >= 0.3 is 34.3 Å². The number of amides is 12. The molecular formula is C91H131N13O28S. The first-order chi connectivity index (χ1) is 63.6. The minimum absolute atomic E-state index is 0.0103. The van der Waals surface area contributed by atoms with Crippen molar-refractivity contribution >= 4 is 127 Å². The van der Waals surface area contributed by atoms with Crippen LogP contribution in [-0.4, -0.2) is 266 Å². The van der Waals surface area contributed by atoms with Gasteiger partial charge in [0.2, 0.25) is 70.9 Å². The first-order valence-corrected chi connectivity index (χ1v) is 46.4. The fraction of sp³-hybridized carbons (Fsp3) is 0.560. The number of aromatic nitrogens is 1. The van der Waals surface area contributed by atoms with Crippen LogP contribution in [0.4, 0.5) is 0 Å². The van der Waals surface area contributed by atoms with Gasteiger partial charge < -0.3 is 112 Å². The number of carboxylic acid groups (broad SMARTS) is 4. The summed E-state index contributed by atoms with van der Waals surface area (Å²) in [5.41, 5.74) is 7.82. The van der Waals surface area contributed by atoms with Crippen molar-refractivity contribution in [2.45, 2.75) is 248 Å². The summed E-state index contributed by atoms with van der Waals surface area (Å²) in [6.07, 6.45) is 14.9. The summed E-state index contributed by atoms with van der Waals surface area (Å²) in [6, 6.07) is 12.0. The Balaban J connectivity index is 1.08. The zero-order valence-electron chi connectivity index (χ0n) is 75.7. The third kappa shape index (κ3) is 45.6. The van der Waals surface area contributed by atoms with Crippen molar-refractivity contribution in [3.63, 3.8) is 0 Å². The Labute approximate surface area is 772 Å². The Bertz CT molecular complexity index is 4700. The van der Waals surface area contributed by atoms with E-state index in [-0.39, 0.29) is 134 Å². The highest BCUT2D eigenvalue weighted by Crippen LogP contribution is 2.24. The summed E-state index contributed by atoms with van der Waals surface area (Å²) in [7, 11) is -3.83. The van der Waals surface area contributed by atoms with Crippen LogP contribution in [0.3, 0.4) is 0 Å². The number of rotatable bonds is 72. The highest BCUT2D eigenvalue weighted by molar-refractivity contribution is 7.81. The molecule has 0 aliphatic rings. The van der Waals surface area contributed by atoms with E-state index in [0.717, 1.165) is 85.6 Å². The number of carbonyl (C=O) groups excluding carboxylic acids is 12. The van der Waals surface area contributed by atoms with E-state index in [2.05, 4.69) is 62.3 Å². The van der Waals surface area contributed by atoms with Crippen LogP contribution >= 0.6 is 0 Å². The van der Waals surface area contributed by atoms with Crippen molar-refractivity contribution in [1.29, 1.82) is 0 Å². The van der Waals surface area contributed by atoms with Crippen LogP contribution in [0.25, 0.3) is 21.7 Å². The van der Waals surface area contributed by atoms with E-state index in [1.165, 1.54) is 44.9 Å². The highest BCUT2D eigenvalue weighted by atomic mass is 32.3. The van der Waals surface area contributed by atoms with Crippen molar-refractivity contribution in [3.05, 3.63) is 114 Å². The Morgan fingerprint density at radius 2 is 0.902 bits per heavy atom. The van der Waals surface area contributed by atoms with Crippen molar-refractivity contribution in [2.24, 2.45) is 5.73 Å². The van der Waals surface area contributed by atoms with Gasteiger partial charge in [0, 0.05) is 75.8 Å². The van der Waals surface area contributed by atoms with E-state index < -0.39 is 180 Å². The molecule has 0 aliphatic carbocycles. The number of benzene rings is 4. The molecule has 8 atom stereocenters. The average Bonchev–Trinajstić information content (AvgIpc) is 1.74. The molecule has 0 saturated carbocycles. The van der Waals surface area contributed by atoms with Crippen LogP contribution < -0.4 is 63.1 Å². The molecule has 1 heterocycles. The van der Waals surface area contributed by atoms with Gasteiger partial charge in [-0.2, -0.15) is 8.42 Å². The van der Waals surface area contributed by atoms with Gasteiger partial charge in [0.1, 0.15) is 67.3 Å². The number of hydrogen-bond acceptors (Lipinski definition) is 23. The summed E-state index contributed by atoms with van der Waals surface area (Å²) in [4.78, 5) is 215. The normalized spacial score (nSPS) is 13.1. The molecule has 4 aromatic carbocycles. The molecule has 0 bridgehead atoms. The molecule has 0 fully saturated rings. The molecule has 734 valence electrons. The van der Waals surface area contributed by atoms with Gasteiger partial charge in [0.05, 0.1) is 59.0 Å². The molecule has 41 nitrogen and oxygen atoms in total. The van der Waals surface area contributed by atoms with E-state index in [4.69, 9.17) is 29.8 Å². The lowest BCUT2D eigenvalue weighted by Gasteiger charge is -2.32. The maximum atomic E-state index is 14.8. The summed E-state index contributed by atoms with van der Waals surface area (Å²) in [5.74, 6) is -15.7. The Morgan fingerprint density at radius 1 is 0.414 bits per heavy atom. The van der Waals surface area contributed by atoms with E-state index in [1.54, 1.807) is 62.5 Å². The van der Waals surface area contributed by atoms with Crippen molar-refractivity contribution < 1.29 is 133 Å². The lowest BCUT2D eigenvalue weighted by Crippen LogP contribution is -2.59. The van der Waals surface area contributed by atoms with Gasteiger partial charge in [-0.25, -0.2) is 4.79 Å². The van der Waals surface area contributed by atoms with Crippen LogP contribution in [0.1, 0.15) is 197 Å². The molecule has 0 saturated heterocycles. The second-order valence-electron chi connectivity index (χ2n) is 32.2. The molecule has 0 radical (unpaired) electrons. The minimum Gasteiger partial charge on any atom is -0.481 e. The van der Waals surface area contributed by atoms with Gasteiger partial charge in [-0.05, 0) is 77.8 Å². The lowest BCUT2D eigenvalue weighted by atomic mass is 9.98. The van der Waals surface area contributed by atoms with Crippen LogP contribution in [0.2, 0.25) is 0 Å². The van der Waals surface area contributed by atoms with Crippen molar-refractivity contribution in [1.82, 2.24) is 63.1 Å². The number of carbonyl (C=O) groups is 16. The number of unbranched alkanes of at least 4 members (excludes halogenated alkanes) is 15. The molecule has 42 heteroatoms. The third-order valence-electron chi connectivity index (χ3n) is 21.5. The number of likely N-dealkylation sites (N-methyl/N-ethyl adjacent to an activating group) is 1. The third-order valence-corrected chi connectivity index (χ3v) is 21.9. The molecule has 12 amide bonds. The summed E-state index contributed by atoms with van der Waals surface area (Å²) in [5, 5.41) is 65.9. The van der Waals surface area contributed by atoms with Gasteiger partial charge in [0.15, 0.2) is 0 Å². The maximum absolute atomic E-state index is 14.8. The smallest absolute Gasteiger partial charge is 0.446 e. The second-order valence-corrected chi connectivity index (χ2v) is 33.2. The van der Waals surface area contributed by atoms with E-state index >= 15 is 0 Å². The highest BCUT2D eigenvalue weighted by Gasteiger charge is 2.38. The molecule has 1 aromatic heterocycles. The first-order valence-electron chi connectivity index (χ1n) is 45.1. The number of primary amides is 1. The Hall–Kier alpha value is -12.3. The minimum atomic E-state index is -4.99. The summed E-state index contributed by atoms with van der Waals surface area (Å²) in [6.45, 7) is 1.69. The van der Waals surface area contributed by atoms with Gasteiger partial charge in [-0.15, -0.1) is 0 Å². The van der Waals surface area contributed by atoms with E-state index in [9.17, 15) is 105 Å². The molecule has 0 spiro atoms. The van der Waals surface area contributed by atoms with Gasteiger partial charge in [-0.1, -0.05) is 189 Å². The molecule has 5 rings (SSSR count). The summed E-state index contributed by atoms with van der Waals surface area (Å²) < 4.78 is 58.4. The number of H-pyrrole nitrogens is 1. The van der Waals surface area contributed by atoms with Crippen LogP contribution in [0.5, 0.6) is 5.75 Å². The van der Waals surface area contributed by atoms with Gasteiger partial charge in [0.25, 0.3) is 0 Å². The first kappa shape index (κ1) is 111.